The number of hydrogen-bond donors (Lipinski definition) is 1. The summed E-state index contributed by atoms with van der Waals surface area (Å²) in [6.45, 7) is 5.95. The first-order chi connectivity index (χ1) is 9.86. The molecule has 1 N–H and O–H groups in total. The van der Waals surface area contributed by atoms with Crippen LogP contribution in [0.15, 0.2) is 6.20 Å². The summed E-state index contributed by atoms with van der Waals surface area (Å²) in [6, 6.07) is 0. The van der Waals surface area contributed by atoms with E-state index in [-0.39, 0.29) is 11.4 Å². The van der Waals surface area contributed by atoms with Crippen molar-refractivity contribution >= 4 is 17.3 Å². The van der Waals surface area contributed by atoms with E-state index in [9.17, 15) is 14.9 Å². The second kappa shape index (κ2) is 5.35. The number of amides is 1. The predicted molar refractivity (Wildman–Crippen MR) is 75.2 cm³/mol. The van der Waals surface area contributed by atoms with Crippen molar-refractivity contribution in [2.45, 2.75) is 27.3 Å². The Bertz CT molecular complexity index is 715. The van der Waals surface area contributed by atoms with Crippen LogP contribution in [0.1, 0.15) is 28.8 Å². The first kappa shape index (κ1) is 14.7. The molecule has 0 aromatic carbocycles. The highest BCUT2D eigenvalue weighted by molar-refractivity contribution is 6.06. The van der Waals surface area contributed by atoms with Gasteiger partial charge in [0.25, 0.3) is 5.91 Å². The van der Waals surface area contributed by atoms with Crippen molar-refractivity contribution in [1.29, 1.82) is 0 Å². The van der Waals surface area contributed by atoms with Crippen molar-refractivity contribution in [3.8, 4) is 0 Å². The topological polar surface area (TPSA) is 108 Å². The summed E-state index contributed by atoms with van der Waals surface area (Å²) in [5.41, 5.74) is 1.13. The van der Waals surface area contributed by atoms with Gasteiger partial charge in [-0.1, -0.05) is 0 Å². The van der Waals surface area contributed by atoms with Crippen LogP contribution in [0.4, 0.5) is 11.4 Å². The Balaban J connectivity index is 2.35. The van der Waals surface area contributed by atoms with Gasteiger partial charge in [-0.15, -0.1) is 0 Å². The highest BCUT2D eigenvalue weighted by Crippen LogP contribution is 2.23. The Kier molecular flexibility index (Phi) is 3.74. The van der Waals surface area contributed by atoms with Crippen molar-refractivity contribution in [1.82, 2.24) is 19.6 Å². The Hall–Kier alpha value is -2.71. The summed E-state index contributed by atoms with van der Waals surface area (Å²) >= 11 is 0. The quantitative estimate of drug-likeness (QED) is 0.677. The number of rotatable bonds is 4. The van der Waals surface area contributed by atoms with Gasteiger partial charge in [0.15, 0.2) is 0 Å². The molecule has 0 atom stereocenters. The Morgan fingerprint density at radius 2 is 2.10 bits per heavy atom. The van der Waals surface area contributed by atoms with Crippen molar-refractivity contribution in [2.24, 2.45) is 7.05 Å². The lowest BCUT2D eigenvalue weighted by Crippen LogP contribution is -2.15. The van der Waals surface area contributed by atoms with E-state index in [0.29, 0.717) is 17.9 Å². The molecule has 0 bridgehead atoms. The Morgan fingerprint density at radius 3 is 2.62 bits per heavy atom. The molecular weight excluding hydrogens is 276 g/mol. The minimum Gasteiger partial charge on any atom is -0.317 e. The van der Waals surface area contributed by atoms with Crippen LogP contribution in [0.25, 0.3) is 0 Å². The first-order valence-corrected chi connectivity index (χ1v) is 6.38. The maximum absolute atomic E-state index is 12.2. The van der Waals surface area contributed by atoms with Gasteiger partial charge >= 0.3 is 5.69 Å². The van der Waals surface area contributed by atoms with Gasteiger partial charge in [-0.05, 0) is 20.8 Å². The zero-order valence-corrected chi connectivity index (χ0v) is 12.2. The highest BCUT2D eigenvalue weighted by atomic mass is 16.6. The molecule has 0 aliphatic heterocycles. The molecule has 9 nitrogen and oxygen atoms in total. The van der Waals surface area contributed by atoms with E-state index < -0.39 is 10.8 Å². The molecule has 2 rings (SSSR count). The van der Waals surface area contributed by atoms with Gasteiger partial charge in [-0.3, -0.25) is 24.3 Å². The van der Waals surface area contributed by atoms with E-state index in [0.717, 1.165) is 5.69 Å². The average Bonchev–Trinajstić information content (AvgIpc) is 2.92. The van der Waals surface area contributed by atoms with Crippen molar-refractivity contribution in [2.75, 3.05) is 5.32 Å². The van der Waals surface area contributed by atoms with Crippen molar-refractivity contribution < 1.29 is 9.72 Å². The smallest absolute Gasteiger partial charge is 0.317 e. The van der Waals surface area contributed by atoms with Crippen LogP contribution >= 0.6 is 0 Å². The van der Waals surface area contributed by atoms with E-state index in [4.69, 9.17) is 0 Å². The van der Waals surface area contributed by atoms with Gasteiger partial charge in [-0.2, -0.15) is 10.2 Å². The number of nitrogens with zero attached hydrogens (tertiary/aromatic N) is 5. The third kappa shape index (κ3) is 2.49. The Labute approximate surface area is 120 Å². The largest absolute Gasteiger partial charge is 0.322 e. The molecule has 1 amide bonds. The fraction of sp³-hybridized carbons (Fsp3) is 0.417. The van der Waals surface area contributed by atoms with Crippen molar-refractivity contribution in [3.63, 3.8) is 0 Å². The van der Waals surface area contributed by atoms with Crippen LogP contribution < -0.4 is 5.32 Å². The third-order valence-corrected chi connectivity index (χ3v) is 3.35. The first-order valence-electron chi connectivity index (χ1n) is 6.38. The molecule has 0 saturated carbocycles. The molecule has 0 aliphatic carbocycles. The van der Waals surface area contributed by atoms with Gasteiger partial charge in [0.05, 0.1) is 22.5 Å². The minimum atomic E-state index is -0.621. The summed E-state index contributed by atoms with van der Waals surface area (Å²) in [6.07, 6.45) is 1.51. The Morgan fingerprint density at radius 1 is 1.43 bits per heavy atom. The molecule has 0 fully saturated rings. The summed E-state index contributed by atoms with van der Waals surface area (Å²) < 4.78 is 3.03. The molecule has 2 aromatic rings. The van der Waals surface area contributed by atoms with Gasteiger partial charge < -0.3 is 5.32 Å². The molecule has 0 aliphatic rings. The number of hydrogen-bond acceptors (Lipinski definition) is 5. The monoisotopic (exact) mass is 292 g/mol. The molecule has 21 heavy (non-hydrogen) atoms. The van der Waals surface area contributed by atoms with E-state index >= 15 is 0 Å². The molecule has 0 unspecified atom stereocenters. The van der Waals surface area contributed by atoms with Crippen LogP contribution in [-0.2, 0) is 13.6 Å². The standard InChI is InChI=1S/C12H16N6O3/c1-5-17-7(2)9(6-13-17)14-12(19)10-11(18(20)21)8(3)16(4)15-10/h6H,5H2,1-4H3,(H,14,19). The second-order valence-electron chi connectivity index (χ2n) is 4.58. The van der Waals surface area contributed by atoms with Gasteiger partial charge in [0, 0.05) is 13.6 Å². The number of anilines is 1. The average molecular weight is 292 g/mol. The van der Waals surface area contributed by atoms with E-state index in [1.165, 1.54) is 10.9 Å². The molecule has 112 valence electrons. The molecular formula is C12H16N6O3. The molecule has 0 spiro atoms. The number of nitro groups is 1. The second-order valence-corrected chi connectivity index (χ2v) is 4.58. The highest BCUT2D eigenvalue weighted by Gasteiger charge is 2.29. The molecule has 9 heteroatoms. The predicted octanol–water partition coefficient (Wildman–Crippen LogP) is 1.41. The maximum Gasteiger partial charge on any atom is 0.322 e. The van der Waals surface area contributed by atoms with Crippen LogP contribution in [0.2, 0.25) is 0 Å². The number of carbonyl (C=O) groups is 1. The zero-order chi connectivity index (χ0) is 15.7. The maximum atomic E-state index is 12.2. The van der Waals surface area contributed by atoms with Gasteiger partial charge in [-0.25, -0.2) is 0 Å². The van der Waals surface area contributed by atoms with Gasteiger partial charge in [0.1, 0.15) is 5.69 Å². The number of aryl methyl sites for hydroxylation is 2. The third-order valence-electron chi connectivity index (χ3n) is 3.35. The van der Waals surface area contributed by atoms with Crippen LogP contribution in [-0.4, -0.2) is 30.4 Å². The number of carbonyl (C=O) groups excluding carboxylic acids is 1. The van der Waals surface area contributed by atoms with E-state index in [1.54, 1.807) is 18.7 Å². The summed E-state index contributed by atoms with van der Waals surface area (Å²) in [4.78, 5) is 22.7. The fourth-order valence-electron chi connectivity index (χ4n) is 2.04. The lowest BCUT2D eigenvalue weighted by molar-refractivity contribution is -0.385. The number of nitrogens with one attached hydrogen (secondary N) is 1. The molecule has 2 aromatic heterocycles. The number of aromatic nitrogens is 4. The lowest BCUT2D eigenvalue weighted by atomic mass is 10.3. The summed E-state index contributed by atoms with van der Waals surface area (Å²) in [5.74, 6) is -0.621. The minimum absolute atomic E-state index is 0.205. The lowest BCUT2D eigenvalue weighted by Gasteiger charge is -2.03. The molecule has 2 heterocycles. The van der Waals surface area contributed by atoms with Gasteiger partial charge in [0.2, 0.25) is 5.69 Å². The fourth-order valence-corrected chi connectivity index (χ4v) is 2.04. The van der Waals surface area contributed by atoms with Crippen molar-refractivity contribution in [3.05, 3.63) is 33.4 Å². The summed E-state index contributed by atoms with van der Waals surface area (Å²) in [7, 11) is 1.56. The molecule has 0 radical (unpaired) electrons. The SMILES string of the molecule is CCn1ncc(NC(=O)c2nn(C)c(C)c2[N+](=O)[O-])c1C. The zero-order valence-electron chi connectivity index (χ0n) is 12.2. The van der Waals surface area contributed by atoms with Crippen LogP contribution in [0.3, 0.4) is 0 Å². The normalized spacial score (nSPS) is 10.7. The van der Waals surface area contributed by atoms with Crippen LogP contribution in [0.5, 0.6) is 0 Å². The van der Waals surface area contributed by atoms with E-state index in [2.05, 4.69) is 15.5 Å². The van der Waals surface area contributed by atoms with E-state index in [1.807, 2.05) is 13.8 Å². The molecule has 0 saturated heterocycles. The van der Waals surface area contributed by atoms with Crippen LogP contribution in [0, 0.1) is 24.0 Å². The summed E-state index contributed by atoms with van der Waals surface area (Å²) in [5, 5.41) is 21.7.